The van der Waals surface area contributed by atoms with E-state index in [-0.39, 0.29) is 75.3 Å². The van der Waals surface area contributed by atoms with Crippen molar-refractivity contribution in [3.8, 4) is 16.9 Å². The molecule has 0 bridgehead atoms. The van der Waals surface area contributed by atoms with E-state index in [1.807, 2.05) is 30.3 Å². The van der Waals surface area contributed by atoms with Gasteiger partial charge in [-0.3, -0.25) is 97.1 Å². The first-order valence-electron chi connectivity index (χ1n) is 46.0. The third-order valence-electron chi connectivity index (χ3n) is 22.9. The number of H-pyrrole nitrogens is 1. The number of primary amides is 2. The van der Waals surface area contributed by atoms with Crippen molar-refractivity contribution in [3.05, 3.63) is 162 Å². The molecule has 1 aliphatic rings. The summed E-state index contributed by atoms with van der Waals surface area (Å²) < 4.78 is 0. The normalized spacial score (nSPS) is 22.5. The number of para-hydroxylation sites is 1. The van der Waals surface area contributed by atoms with Gasteiger partial charge in [-0.05, 0) is 115 Å². The topological polar surface area (TPSA) is 731 Å². The Hall–Kier alpha value is -15.2. The van der Waals surface area contributed by atoms with Crippen molar-refractivity contribution < 1.29 is 102 Å². The Bertz CT molecular complexity index is 5380. The Kier molecular flexibility index (Phi) is 44.8. The lowest BCUT2D eigenvalue weighted by molar-refractivity contribution is -0.142. The summed E-state index contributed by atoms with van der Waals surface area (Å²) in [5.41, 5.74) is 25.9. The number of carboxylic acid groups (broad SMARTS) is 1. The fourth-order valence-electron chi connectivity index (χ4n) is 15.1. The molecule has 141 heavy (non-hydrogen) atoms. The molecule has 0 saturated carbocycles. The molecule has 17 amide bonds. The standard InChI is InChI=1S/C95H130N24O21S/c1-50(2)39-66-88(135)117-79(52(5)6)92(139)115-72(47-120)90(137)116-73(81(128)105-46-75(97)123)48-141-49-76(124)106-64(35-36-74(96)122)83(130)111-68(42-56-29-33-60(121)34-30-56)86(133)113-71(44-77(125)126)87(134)112-70(43-59-45-104-62-24-16-15-23-61(59)62)89(136)118-78(51(3)4)91(138)114-69(41-55-27-31-58(32-28-55)57-21-13-10-14-22-57)85(132)108-65(26-18-38-103-95(100)101)93(140)119(8)53(7)80(127)109-67(40-54-19-11-9-12-20-54)84(131)107-63(82(129)110-66)25-17-37-102-94(98)99/h9-16,19-24,27-34,45,50-53,63-73,78-79,104,120-121H,17-18,25-26,35-44,46-49H2,1-8H3,(H2,96,122)(H2,97,123)(H,105,128)(H,106,124)(H,107,131)(H,108,132)(H,109,127)(H,110,129)(H,111,130)(H,112,134)(H,113,133)(H,114,138)(H,115,139)(H,116,137)(H,117,135)(H,118,136)(H,125,126)(H4,98,99,102)(H4,100,101,103)/t53-,63-,64-,65-,66-,67+,68-,69-,70-,71-,72-,73-,78-,79-/m0/s1. The van der Waals surface area contributed by atoms with Crippen LogP contribution >= 0.6 is 11.8 Å². The Labute approximate surface area is 818 Å². The van der Waals surface area contributed by atoms with E-state index in [9.17, 15) is 63.3 Å². The monoisotopic (exact) mass is 1970 g/mol. The number of aliphatic hydroxyl groups is 1. The molecule has 1 saturated heterocycles. The average molecular weight is 1980 g/mol. The van der Waals surface area contributed by atoms with E-state index in [1.165, 1.54) is 58.3 Å². The summed E-state index contributed by atoms with van der Waals surface area (Å²) in [6, 6.07) is 12.8. The molecule has 2 heterocycles. The smallest absolute Gasteiger partial charge is 0.305 e. The first kappa shape index (κ1) is 113. The molecule has 30 N–H and O–H groups in total. The second-order valence-corrected chi connectivity index (χ2v) is 36.3. The zero-order chi connectivity index (χ0) is 104. The summed E-state index contributed by atoms with van der Waals surface area (Å²) in [4.78, 5) is 265. The molecule has 1 aromatic heterocycles. The Morgan fingerprint density at radius 3 is 1.39 bits per heavy atom. The predicted octanol–water partition coefficient (Wildman–Crippen LogP) is -3.07. The highest BCUT2D eigenvalue weighted by molar-refractivity contribution is 8.00. The molecule has 7 rings (SSSR count). The number of carbonyl (C=O) groups is 18. The summed E-state index contributed by atoms with van der Waals surface area (Å²) in [5.74, 6) is -24.1. The number of guanidine groups is 2. The molecule has 14 atom stereocenters. The Morgan fingerprint density at radius 1 is 0.454 bits per heavy atom. The van der Waals surface area contributed by atoms with Gasteiger partial charge in [-0.15, -0.1) is 11.8 Å². The van der Waals surface area contributed by atoms with Gasteiger partial charge < -0.3 is 133 Å². The van der Waals surface area contributed by atoms with Crippen LogP contribution in [0.2, 0.25) is 0 Å². The number of nitrogens with two attached hydrogens (primary N) is 4. The van der Waals surface area contributed by atoms with Crippen LogP contribution in [0.25, 0.3) is 22.0 Å². The van der Waals surface area contributed by atoms with Crippen molar-refractivity contribution in [1.82, 2.24) is 95.0 Å². The van der Waals surface area contributed by atoms with Gasteiger partial charge in [0, 0.05) is 75.1 Å². The lowest BCUT2D eigenvalue weighted by Gasteiger charge is -2.32. The molecular weight excluding hydrogens is 1850 g/mol. The number of hydrogen-bond donors (Lipinski definition) is 26. The number of phenolic OH excluding ortho intramolecular Hbond substituents is 1. The van der Waals surface area contributed by atoms with Gasteiger partial charge in [0.15, 0.2) is 11.9 Å². The van der Waals surface area contributed by atoms with E-state index < -0.39 is 271 Å². The zero-order valence-corrected chi connectivity index (χ0v) is 80.5. The van der Waals surface area contributed by atoms with Crippen molar-refractivity contribution in [2.75, 3.05) is 44.8 Å². The summed E-state index contributed by atoms with van der Waals surface area (Å²) in [7, 11) is 1.25. The molecule has 46 heteroatoms. The average Bonchev–Trinajstić information content (AvgIpc) is 1.72. The number of carboxylic acids is 1. The highest BCUT2D eigenvalue weighted by atomic mass is 32.2. The SMILES string of the molecule is CC(C)C[C@@H]1NC(=O)[C@H](CCCNC(=N)N)NC(=O)[C@@H](Cc2ccccc2)NC(=O)[C@H](C)N(C)C(=O)[C@H](CCCNC(=N)N)NC(=O)[C@H](Cc2ccc(-c3ccccc3)cc2)NC(=O)[C@H](C(C)C)NC(=O)[C@H](Cc2c[nH]c3ccccc23)NC(=O)[C@H](CC(=O)O)NC(=O)[C@H](Cc2ccc(O)cc2)NC(=O)[C@H](CCC(N)=O)NC(=O)CSC[C@@H](C(=O)NCC(N)=O)NC(=O)[C@H](CO)NC(=O)[C@H](C(C)C)NC1=O. The number of aromatic amines is 1. The first-order valence-corrected chi connectivity index (χ1v) is 47.2. The van der Waals surface area contributed by atoms with Crippen LogP contribution in [-0.4, -0.2) is 273 Å². The summed E-state index contributed by atoms with van der Waals surface area (Å²) in [6.07, 6.45) is -2.76. The van der Waals surface area contributed by atoms with Crippen molar-refractivity contribution in [1.29, 1.82) is 10.8 Å². The van der Waals surface area contributed by atoms with Gasteiger partial charge in [0.1, 0.15) is 90.3 Å². The van der Waals surface area contributed by atoms with Gasteiger partial charge in [0.05, 0.1) is 25.3 Å². The number of hydrogen-bond acceptors (Lipinski definition) is 23. The van der Waals surface area contributed by atoms with Gasteiger partial charge in [0.2, 0.25) is 100 Å². The van der Waals surface area contributed by atoms with Crippen LogP contribution in [0.4, 0.5) is 0 Å². The Balaban J connectivity index is 1.35. The lowest BCUT2D eigenvalue weighted by atomic mass is 9.98. The minimum Gasteiger partial charge on any atom is -0.508 e. The van der Waals surface area contributed by atoms with E-state index >= 15 is 38.4 Å². The molecule has 0 spiro atoms. The van der Waals surface area contributed by atoms with Gasteiger partial charge in [-0.2, -0.15) is 0 Å². The molecule has 0 radical (unpaired) electrons. The second-order valence-electron chi connectivity index (χ2n) is 35.3. The summed E-state index contributed by atoms with van der Waals surface area (Å²) in [5, 5.41) is 88.9. The van der Waals surface area contributed by atoms with E-state index in [1.54, 1.807) is 107 Å². The number of aromatic nitrogens is 1. The maximum atomic E-state index is 15.6. The van der Waals surface area contributed by atoms with Crippen molar-refractivity contribution in [2.45, 2.75) is 210 Å². The zero-order valence-electron chi connectivity index (χ0n) is 79.7. The molecule has 0 unspecified atom stereocenters. The number of phenols is 1. The molecule has 45 nitrogen and oxygen atoms in total. The van der Waals surface area contributed by atoms with Crippen molar-refractivity contribution in [3.63, 3.8) is 0 Å². The van der Waals surface area contributed by atoms with Crippen LogP contribution < -0.4 is 108 Å². The number of fused-ring (bicyclic) bond motifs is 1. The highest BCUT2D eigenvalue weighted by Crippen LogP contribution is 2.24. The van der Waals surface area contributed by atoms with Gasteiger partial charge in [-0.1, -0.05) is 157 Å². The first-order chi connectivity index (χ1) is 66.9. The number of carbonyl (C=O) groups excluding carboxylic acids is 17. The molecule has 5 aromatic carbocycles. The molecule has 6 aromatic rings. The van der Waals surface area contributed by atoms with Crippen LogP contribution in [-0.2, 0) is 112 Å². The van der Waals surface area contributed by atoms with Crippen LogP contribution in [0.15, 0.2) is 140 Å². The summed E-state index contributed by atoms with van der Waals surface area (Å²) >= 11 is 0.631. The number of aromatic hydroxyl groups is 1. The fourth-order valence-corrected chi connectivity index (χ4v) is 16.0. The number of aliphatic carboxylic acids is 1. The quantitative estimate of drug-likeness (QED) is 0.0121. The highest BCUT2D eigenvalue weighted by Gasteiger charge is 2.41. The molecule has 762 valence electrons. The molecule has 1 aliphatic heterocycles. The van der Waals surface area contributed by atoms with E-state index in [2.05, 4.69) is 90.1 Å². The molecule has 0 aliphatic carbocycles. The van der Waals surface area contributed by atoms with Crippen molar-refractivity contribution >= 4 is 141 Å². The largest absolute Gasteiger partial charge is 0.508 e. The van der Waals surface area contributed by atoms with Crippen LogP contribution in [0.1, 0.15) is 122 Å². The third-order valence-corrected chi connectivity index (χ3v) is 23.9. The van der Waals surface area contributed by atoms with E-state index in [0.29, 0.717) is 39.4 Å². The van der Waals surface area contributed by atoms with Crippen LogP contribution in [0.5, 0.6) is 5.75 Å². The Morgan fingerprint density at radius 2 is 0.872 bits per heavy atom. The number of rotatable bonds is 30. The van der Waals surface area contributed by atoms with Crippen molar-refractivity contribution in [2.24, 2.45) is 40.7 Å². The number of amides is 17. The van der Waals surface area contributed by atoms with Gasteiger partial charge in [0.25, 0.3) is 0 Å². The minimum absolute atomic E-state index is 0.0165. The van der Waals surface area contributed by atoms with Gasteiger partial charge >= 0.3 is 5.97 Å². The van der Waals surface area contributed by atoms with Crippen LogP contribution in [0.3, 0.4) is 0 Å². The summed E-state index contributed by atoms with van der Waals surface area (Å²) in [6.45, 7) is 8.88. The number of thioether (sulfide) groups is 1. The molecular formula is C95H130N24O21S. The predicted molar refractivity (Wildman–Crippen MR) is 522 cm³/mol. The number of aliphatic hydroxyl groups excluding tert-OH is 1. The minimum atomic E-state index is -2.13. The number of benzene rings is 5. The maximum absolute atomic E-state index is 15.6. The second kappa shape index (κ2) is 56.0. The number of nitrogens with one attached hydrogen (secondary N) is 19. The number of nitrogens with zero attached hydrogens (tertiary/aromatic N) is 1. The van der Waals surface area contributed by atoms with Crippen LogP contribution in [0, 0.1) is 28.6 Å². The maximum Gasteiger partial charge on any atom is 0.305 e. The molecule has 1 fully saturated rings. The van der Waals surface area contributed by atoms with Gasteiger partial charge in [-0.25, -0.2) is 0 Å². The van der Waals surface area contributed by atoms with E-state index in [0.717, 1.165) is 16.0 Å². The number of likely N-dealkylation sites (N-methyl/N-ethyl adjacent to an activating group) is 1. The third kappa shape index (κ3) is 37.2. The fraction of sp³-hybridized carbons (Fsp3) is 0.453. The van der Waals surface area contributed by atoms with E-state index in [4.69, 9.17) is 33.8 Å². The lowest BCUT2D eigenvalue weighted by Crippen LogP contribution is -2.62.